The molecule has 1 N–H and O–H groups in total. The normalized spacial score (nSPS) is 20.1. The van der Waals surface area contributed by atoms with Crippen molar-refractivity contribution >= 4 is 33.5 Å². The molecule has 0 fully saturated rings. The number of anilines is 1. The molecule has 4 aromatic rings. The van der Waals surface area contributed by atoms with Crippen LogP contribution in [0, 0.1) is 5.92 Å². The molecule has 3 atom stereocenters. The van der Waals surface area contributed by atoms with Crippen LogP contribution in [0.25, 0.3) is 0 Å². The zero-order valence-corrected chi connectivity index (χ0v) is 21.4. The van der Waals surface area contributed by atoms with Gasteiger partial charge in [-0.3, -0.25) is 4.99 Å². The van der Waals surface area contributed by atoms with E-state index >= 15 is 0 Å². The van der Waals surface area contributed by atoms with Crippen LogP contribution < -0.4 is 10.1 Å². The fraction of sp³-hybridized carbons (Fsp3) is 0.156. The highest BCUT2D eigenvalue weighted by atomic mass is 79.9. The van der Waals surface area contributed by atoms with Gasteiger partial charge in [0.25, 0.3) is 0 Å². The first-order valence-electron chi connectivity index (χ1n) is 12.4. The van der Waals surface area contributed by atoms with E-state index in [2.05, 4.69) is 94.1 Å². The largest absolute Gasteiger partial charge is 0.488 e. The number of halogens is 1. The first-order valence-corrected chi connectivity index (χ1v) is 13.2. The smallest absolute Gasteiger partial charge is 0.128 e. The Morgan fingerprint density at radius 3 is 2.58 bits per heavy atom. The molecule has 6 rings (SSSR count). The molecule has 4 heteroatoms. The minimum Gasteiger partial charge on any atom is -0.488 e. The van der Waals surface area contributed by atoms with Crippen LogP contribution in [-0.2, 0) is 6.61 Å². The van der Waals surface area contributed by atoms with Crippen LogP contribution >= 0.6 is 15.9 Å². The molecule has 0 saturated heterocycles. The van der Waals surface area contributed by atoms with Gasteiger partial charge >= 0.3 is 0 Å². The molecule has 1 aliphatic carbocycles. The minimum absolute atomic E-state index is 0.293. The summed E-state index contributed by atoms with van der Waals surface area (Å²) in [5.74, 6) is 1.84. The molecule has 36 heavy (non-hydrogen) atoms. The number of aliphatic imine (C=N–C) groups is 1. The molecule has 4 aromatic carbocycles. The molecule has 0 spiro atoms. The van der Waals surface area contributed by atoms with Crippen molar-refractivity contribution in [3.8, 4) is 5.75 Å². The van der Waals surface area contributed by atoms with E-state index in [0.717, 1.165) is 33.5 Å². The monoisotopic (exact) mass is 534 g/mol. The molecule has 0 bridgehead atoms. The molecule has 0 radical (unpaired) electrons. The van der Waals surface area contributed by atoms with Gasteiger partial charge in [0.05, 0.1) is 11.7 Å². The number of para-hydroxylation sites is 1. The van der Waals surface area contributed by atoms with Crippen molar-refractivity contribution in [3.63, 3.8) is 0 Å². The van der Waals surface area contributed by atoms with Crippen LogP contribution in [0.3, 0.4) is 0 Å². The highest BCUT2D eigenvalue weighted by molar-refractivity contribution is 9.10. The van der Waals surface area contributed by atoms with E-state index in [0.29, 0.717) is 24.5 Å². The van der Waals surface area contributed by atoms with E-state index in [1.165, 1.54) is 16.8 Å². The Bertz CT molecular complexity index is 1410. The van der Waals surface area contributed by atoms with Crippen molar-refractivity contribution in [2.45, 2.75) is 25.0 Å². The molecule has 0 saturated carbocycles. The summed E-state index contributed by atoms with van der Waals surface area (Å²) in [5, 5.41) is 3.80. The Balaban J connectivity index is 1.19. The number of allylic oxidation sites excluding steroid dienone is 2. The Hall–Kier alpha value is -3.63. The molecular weight excluding hydrogens is 508 g/mol. The number of ether oxygens (including phenoxy) is 1. The third-order valence-electron chi connectivity index (χ3n) is 7.09. The first kappa shape index (κ1) is 22.8. The number of nitrogens with zero attached hydrogens (tertiary/aromatic N) is 1. The van der Waals surface area contributed by atoms with Gasteiger partial charge in [0.15, 0.2) is 0 Å². The maximum absolute atomic E-state index is 6.11. The van der Waals surface area contributed by atoms with Crippen molar-refractivity contribution < 1.29 is 4.74 Å². The Labute approximate surface area is 220 Å². The second-order valence-corrected chi connectivity index (χ2v) is 10.3. The van der Waals surface area contributed by atoms with Crippen molar-refractivity contribution in [1.29, 1.82) is 0 Å². The average molecular weight is 535 g/mol. The summed E-state index contributed by atoms with van der Waals surface area (Å²) in [6.45, 7) is 0.520. The fourth-order valence-electron chi connectivity index (χ4n) is 5.27. The first-order chi connectivity index (χ1) is 17.7. The summed E-state index contributed by atoms with van der Waals surface area (Å²) < 4.78 is 7.10. The van der Waals surface area contributed by atoms with Gasteiger partial charge in [0.2, 0.25) is 0 Å². The topological polar surface area (TPSA) is 33.6 Å². The standard InChI is InChI=1S/C32H27BrN2O/c33-25-15-18-31(36-21-22-7-2-1-3-8-22)24(19-25)20-34-26-16-13-23(14-17-26)32-29-11-6-10-27(29)28-9-4-5-12-30(28)35-32/h1-10,12-20,27,29,32,35H,11,21H2/t27-,29-,32-/m0/s1. The highest BCUT2D eigenvalue weighted by Crippen LogP contribution is 2.49. The molecular formula is C32H27BrN2O. The zero-order chi connectivity index (χ0) is 24.3. The summed E-state index contributed by atoms with van der Waals surface area (Å²) in [6.07, 6.45) is 7.70. The highest BCUT2D eigenvalue weighted by Gasteiger charge is 2.37. The molecule has 1 aliphatic heterocycles. The summed E-state index contributed by atoms with van der Waals surface area (Å²) in [4.78, 5) is 4.76. The quantitative estimate of drug-likeness (QED) is 0.198. The van der Waals surface area contributed by atoms with Crippen LogP contribution in [0.2, 0.25) is 0 Å². The van der Waals surface area contributed by atoms with Gasteiger partial charge in [-0.2, -0.15) is 0 Å². The molecule has 2 aliphatic rings. The van der Waals surface area contributed by atoms with Crippen molar-refractivity contribution in [1.82, 2.24) is 0 Å². The van der Waals surface area contributed by atoms with Crippen LogP contribution in [-0.4, -0.2) is 6.21 Å². The van der Waals surface area contributed by atoms with E-state index < -0.39 is 0 Å². The van der Waals surface area contributed by atoms with E-state index in [4.69, 9.17) is 9.73 Å². The van der Waals surface area contributed by atoms with Crippen molar-refractivity contribution in [2.75, 3.05) is 5.32 Å². The van der Waals surface area contributed by atoms with Gasteiger partial charge in [-0.1, -0.05) is 88.7 Å². The van der Waals surface area contributed by atoms with E-state index in [1.54, 1.807) is 0 Å². The lowest BCUT2D eigenvalue weighted by molar-refractivity contribution is 0.306. The SMILES string of the molecule is Brc1ccc(OCc2ccccc2)c(C=Nc2ccc([C@@H]3Nc4ccccc4[C@@H]4C=CC[C@@H]43)cc2)c1. The van der Waals surface area contributed by atoms with Crippen molar-refractivity contribution in [3.05, 3.63) is 136 Å². The van der Waals surface area contributed by atoms with Gasteiger partial charge in [-0.25, -0.2) is 0 Å². The van der Waals surface area contributed by atoms with E-state index in [9.17, 15) is 0 Å². The lowest BCUT2D eigenvalue weighted by Crippen LogP contribution is -2.28. The number of fused-ring (bicyclic) bond motifs is 3. The number of hydrogen-bond donors (Lipinski definition) is 1. The van der Waals surface area contributed by atoms with Gasteiger partial charge in [0.1, 0.15) is 12.4 Å². The molecule has 3 nitrogen and oxygen atoms in total. The summed E-state index contributed by atoms with van der Waals surface area (Å²) in [5.41, 5.74) is 6.96. The minimum atomic E-state index is 0.293. The second-order valence-electron chi connectivity index (χ2n) is 9.37. The molecule has 178 valence electrons. The van der Waals surface area contributed by atoms with Crippen molar-refractivity contribution in [2.24, 2.45) is 10.9 Å². The lowest BCUT2D eigenvalue weighted by Gasteiger charge is -2.37. The Morgan fingerprint density at radius 1 is 0.917 bits per heavy atom. The Morgan fingerprint density at radius 2 is 1.72 bits per heavy atom. The fourth-order valence-corrected chi connectivity index (χ4v) is 5.65. The number of hydrogen-bond acceptors (Lipinski definition) is 3. The van der Waals surface area contributed by atoms with Gasteiger partial charge < -0.3 is 10.1 Å². The predicted molar refractivity (Wildman–Crippen MR) is 151 cm³/mol. The molecule has 0 unspecified atom stereocenters. The van der Waals surface area contributed by atoms with Gasteiger partial charge in [-0.05, 0) is 65.4 Å². The zero-order valence-electron chi connectivity index (χ0n) is 19.8. The molecule has 0 aromatic heterocycles. The number of benzene rings is 4. The number of nitrogens with one attached hydrogen (secondary N) is 1. The maximum Gasteiger partial charge on any atom is 0.128 e. The van der Waals surface area contributed by atoms with E-state index in [-0.39, 0.29) is 0 Å². The van der Waals surface area contributed by atoms with Gasteiger partial charge in [0, 0.05) is 27.9 Å². The third-order valence-corrected chi connectivity index (χ3v) is 7.58. The van der Waals surface area contributed by atoms with E-state index in [1.807, 2.05) is 42.6 Å². The van der Waals surface area contributed by atoms with Crippen LogP contribution in [0.15, 0.2) is 119 Å². The predicted octanol–water partition coefficient (Wildman–Crippen LogP) is 8.61. The lowest BCUT2D eigenvalue weighted by atomic mass is 9.77. The van der Waals surface area contributed by atoms with Crippen LogP contribution in [0.1, 0.15) is 40.6 Å². The summed E-state index contributed by atoms with van der Waals surface area (Å²) in [6, 6.07) is 33.8. The number of rotatable bonds is 6. The molecule has 0 amide bonds. The van der Waals surface area contributed by atoms with Crippen LogP contribution in [0.4, 0.5) is 11.4 Å². The van der Waals surface area contributed by atoms with Crippen LogP contribution in [0.5, 0.6) is 5.75 Å². The summed E-state index contributed by atoms with van der Waals surface area (Å²) >= 11 is 3.58. The van der Waals surface area contributed by atoms with Gasteiger partial charge in [-0.15, -0.1) is 0 Å². The molecule has 1 heterocycles. The third kappa shape index (κ3) is 4.74. The Kier molecular flexibility index (Phi) is 6.44. The average Bonchev–Trinajstić information content (AvgIpc) is 3.42. The maximum atomic E-state index is 6.11. The summed E-state index contributed by atoms with van der Waals surface area (Å²) in [7, 11) is 0. The second kappa shape index (κ2) is 10.2.